The Balaban J connectivity index is 2.33. The van der Waals surface area contributed by atoms with Crippen LogP contribution in [0.15, 0.2) is 34.1 Å². The minimum absolute atomic E-state index is 0.0336. The fourth-order valence-electron chi connectivity index (χ4n) is 2.29. The van der Waals surface area contributed by atoms with Gasteiger partial charge in [0.2, 0.25) is 20.0 Å². The van der Waals surface area contributed by atoms with E-state index in [0.717, 1.165) is 18.9 Å². The van der Waals surface area contributed by atoms with E-state index < -0.39 is 20.0 Å². The lowest BCUT2D eigenvalue weighted by molar-refractivity contribution is 0.196. The number of hydrogen-bond acceptors (Lipinski definition) is 4. The predicted octanol–water partition coefficient (Wildman–Crippen LogP) is 1.14. The minimum atomic E-state index is -3.92. The van der Waals surface area contributed by atoms with Crippen molar-refractivity contribution >= 4 is 20.0 Å². The Labute approximate surface area is 126 Å². The van der Waals surface area contributed by atoms with E-state index in [1.165, 1.54) is 22.5 Å². The lowest BCUT2D eigenvalue weighted by Gasteiger charge is -2.36. The van der Waals surface area contributed by atoms with E-state index in [4.69, 9.17) is 5.14 Å². The zero-order chi connectivity index (χ0) is 15.9. The molecule has 0 aliphatic carbocycles. The Morgan fingerprint density at radius 1 is 1.05 bits per heavy atom. The molecule has 0 bridgehead atoms. The van der Waals surface area contributed by atoms with Crippen molar-refractivity contribution in [1.29, 1.82) is 0 Å². The number of hydrogen-bond donors (Lipinski definition) is 1. The van der Waals surface area contributed by atoms with Crippen LogP contribution in [0, 0.1) is 5.41 Å². The first-order valence-corrected chi connectivity index (χ1v) is 9.64. The lowest BCUT2D eigenvalue weighted by Crippen LogP contribution is -2.41. The van der Waals surface area contributed by atoms with Gasteiger partial charge in [-0.05, 0) is 36.5 Å². The third-order valence-electron chi connectivity index (χ3n) is 3.85. The Morgan fingerprint density at radius 3 is 2.10 bits per heavy atom. The molecule has 0 unspecified atom stereocenters. The SMILES string of the molecule is CC1(C)CCN(S(=O)(=O)c2cccc(S(N)(=O)=O)c2)CC1. The highest BCUT2D eigenvalue weighted by Crippen LogP contribution is 2.32. The Kier molecular flexibility index (Phi) is 4.18. The van der Waals surface area contributed by atoms with Gasteiger partial charge in [0, 0.05) is 13.1 Å². The van der Waals surface area contributed by atoms with Crippen LogP contribution >= 0.6 is 0 Å². The summed E-state index contributed by atoms with van der Waals surface area (Å²) in [5.41, 5.74) is 0.133. The normalized spacial score (nSPS) is 20.3. The second-order valence-electron chi connectivity index (χ2n) is 6.09. The van der Waals surface area contributed by atoms with Crippen molar-refractivity contribution in [2.24, 2.45) is 10.6 Å². The molecule has 0 aromatic heterocycles. The monoisotopic (exact) mass is 332 g/mol. The van der Waals surface area contributed by atoms with E-state index in [1.54, 1.807) is 0 Å². The van der Waals surface area contributed by atoms with Gasteiger partial charge in [0.25, 0.3) is 0 Å². The molecule has 6 nitrogen and oxygen atoms in total. The van der Waals surface area contributed by atoms with Gasteiger partial charge in [-0.3, -0.25) is 0 Å². The van der Waals surface area contributed by atoms with Gasteiger partial charge in [-0.25, -0.2) is 22.0 Å². The van der Waals surface area contributed by atoms with Crippen molar-refractivity contribution in [3.05, 3.63) is 24.3 Å². The maximum absolute atomic E-state index is 12.6. The van der Waals surface area contributed by atoms with Crippen LogP contribution in [0.1, 0.15) is 26.7 Å². The van der Waals surface area contributed by atoms with Gasteiger partial charge in [0.05, 0.1) is 9.79 Å². The number of rotatable bonds is 3. The number of primary sulfonamides is 1. The molecule has 1 heterocycles. The van der Waals surface area contributed by atoms with Gasteiger partial charge in [0.15, 0.2) is 0 Å². The molecule has 8 heteroatoms. The fourth-order valence-corrected chi connectivity index (χ4v) is 4.41. The van der Waals surface area contributed by atoms with Crippen LogP contribution in [-0.2, 0) is 20.0 Å². The van der Waals surface area contributed by atoms with E-state index in [9.17, 15) is 16.8 Å². The zero-order valence-electron chi connectivity index (χ0n) is 12.1. The van der Waals surface area contributed by atoms with Crippen molar-refractivity contribution in [2.45, 2.75) is 36.5 Å². The number of piperidine rings is 1. The molecule has 1 saturated heterocycles. The van der Waals surface area contributed by atoms with Gasteiger partial charge < -0.3 is 0 Å². The van der Waals surface area contributed by atoms with E-state index in [2.05, 4.69) is 13.8 Å². The molecule has 0 spiro atoms. The van der Waals surface area contributed by atoms with Gasteiger partial charge in [0.1, 0.15) is 0 Å². The van der Waals surface area contributed by atoms with Crippen molar-refractivity contribution in [2.75, 3.05) is 13.1 Å². The van der Waals surface area contributed by atoms with Crippen LogP contribution in [0.4, 0.5) is 0 Å². The quantitative estimate of drug-likeness (QED) is 0.897. The molecule has 1 aromatic rings. The molecular weight excluding hydrogens is 312 g/mol. The highest BCUT2D eigenvalue weighted by molar-refractivity contribution is 7.90. The smallest absolute Gasteiger partial charge is 0.225 e. The van der Waals surface area contributed by atoms with E-state index >= 15 is 0 Å². The third-order valence-corrected chi connectivity index (χ3v) is 6.65. The molecule has 0 atom stereocenters. The minimum Gasteiger partial charge on any atom is -0.225 e. The zero-order valence-corrected chi connectivity index (χ0v) is 13.7. The first-order valence-electron chi connectivity index (χ1n) is 6.65. The summed E-state index contributed by atoms with van der Waals surface area (Å²) in [6.07, 6.45) is 1.56. The summed E-state index contributed by atoms with van der Waals surface area (Å²) in [5.74, 6) is 0. The molecular formula is C13H20N2O4S2. The van der Waals surface area contributed by atoms with E-state index in [1.807, 2.05) is 0 Å². The number of benzene rings is 1. The summed E-state index contributed by atoms with van der Waals surface area (Å²) in [7, 11) is -7.60. The molecule has 2 rings (SSSR count). The second kappa shape index (κ2) is 5.35. The summed E-state index contributed by atoms with van der Waals surface area (Å²) < 4.78 is 49.2. The van der Waals surface area contributed by atoms with Crippen molar-refractivity contribution < 1.29 is 16.8 Å². The molecule has 2 N–H and O–H groups in total. The van der Waals surface area contributed by atoms with Crippen LogP contribution in [0.2, 0.25) is 0 Å². The van der Waals surface area contributed by atoms with Crippen LogP contribution in [0.25, 0.3) is 0 Å². The molecule has 1 aliphatic rings. The largest absolute Gasteiger partial charge is 0.243 e. The van der Waals surface area contributed by atoms with Gasteiger partial charge in [-0.15, -0.1) is 0 Å². The summed E-state index contributed by atoms with van der Waals surface area (Å²) in [4.78, 5) is -0.227. The molecule has 21 heavy (non-hydrogen) atoms. The average molecular weight is 332 g/mol. The maximum atomic E-state index is 12.6. The van der Waals surface area contributed by atoms with Gasteiger partial charge in [-0.2, -0.15) is 4.31 Å². The second-order valence-corrected chi connectivity index (χ2v) is 9.59. The van der Waals surface area contributed by atoms with E-state index in [0.29, 0.717) is 13.1 Å². The van der Waals surface area contributed by atoms with Crippen LogP contribution in [-0.4, -0.2) is 34.2 Å². The molecule has 0 amide bonds. The predicted molar refractivity (Wildman–Crippen MR) is 79.6 cm³/mol. The lowest BCUT2D eigenvalue weighted by atomic mass is 9.83. The van der Waals surface area contributed by atoms with Gasteiger partial charge in [-0.1, -0.05) is 19.9 Å². The van der Waals surface area contributed by atoms with Gasteiger partial charge >= 0.3 is 0 Å². The highest BCUT2D eigenvalue weighted by Gasteiger charge is 2.33. The topological polar surface area (TPSA) is 97.5 Å². The van der Waals surface area contributed by atoms with Crippen LogP contribution < -0.4 is 5.14 Å². The van der Waals surface area contributed by atoms with E-state index in [-0.39, 0.29) is 15.2 Å². The third kappa shape index (κ3) is 3.63. The molecule has 1 aromatic carbocycles. The van der Waals surface area contributed by atoms with Crippen molar-refractivity contribution in [3.63, 3.8) is 0 Å². The Bertz CT molecular complexity index is 729. The summed E-state index contributed by atoms with van der Waals surface area (Å²) in [6, 6.07) is 5.18. The summed E-state index contributed by atoms with van der Waals surface area (Å²) >= 11 is 0. The fraction of sp³-hybridized carbons (Fsp3) is 0.538. The number of nitrogens with zero attached hydrogens (tertiary/aromatic N) is 1. The van der Waals surface area contributed by atoms with Crippen LogP contribution in [0.5, 0.6) is 0 Å². The van der Waals surface area contributed by atoms with Crippen molar-refractivity contribution in [3.8, 4) is 0 Å². The molecule has 1 fully saturated rings. The first kappa shape index (κ1) is 16.4. The Hall–Kier alpha value is -0.960. The van der Waals surface area contributed by atoms with Crippen molar-refractivity contribution in [1.82, 2.24) is 4.31 Å². The molecule has 1 aliphatic heterocycles. The average Bonchev–Trinajstić information content (AvgIpc) is 2.37. The summed E-state index contributed by atoms with van der Waals surface area (Å²) in [5, 5.41) is 5.05. The number of nitrogens with two attached hydrogens (primary N) is 1. The number of sulfonamides is 2. The molecule has 0 saturated carbocycles. The summed E-state index contributed by atoms with van der Waals surface area (Å²) in [6.45, 7) is 5.10. The van der Waals surface area contributed by atoms with Crippen LogP contribution in [0.3, 0.4) is 0 Å². The first-order chi connectivity index (χ1) is 9.52. The maximum Gasteiger partial charge on any atom is 0.243 e. The molecule has 0 radical (unpaired) electrons. The highest BCUT2D eigenvalue weighted by atomic mass is 32.2. The Morgan fingerprint density at radius 2 is 1.57 bits per heavy atom. The molecule has 118 valence electrons. The standard InChI is InChI=1S/C13H20N2O4S2/c1-13(2)6-8-15(9-7-13)21(18,19)12-5-3-4-11(10-12)20(14,16)17/h3-5,10H,6-9H2,1-2H3,(H2,14,16,17).